The van der Waals surface area contributed by atoms with Crippen molar-refractivity contribution in [1.82, 2.24) is 0 Å². The number of hydrogen-bond acceptors (Lipinski definition) is 5. The molecular weight excluding hydrogens is 369 g/mol. The van der Waals surface area contributed by atoms with Crippen LogP contribution in [-0.2, 0) is 4.74 Å². The molecule has 1 rings (SSSR count). The zero-order chi connectivity index (χ0) is 12.3. The van der Waals surface area contributed by atoms with E-state index in [-0.39, 0.29) is 6.61 Å². The quantitative estimate of drug-likeness (QED) is 0.357. The van der Waals surface area contributed by atoms with Gasteiger partial charge in [0.25, 0.3) is 0 Å². The van der Waals surface area contributed by atoms with Crippen molar-refractivity contribution in [3.05, 3.63) is 21.9 Å². The van der Waals surface area contributed by atoms with E-state index in [1.54, 1.807) is 11.3 Å². The van der Waals surface area contributed by atoms with E-state index in [0.29, 0.717) is 19.8 Å². The molecule has 0 atom stereocenters. The first-order valence-electron chi connectivity index (χ1n) is 4.93. The lowest BCUT2D eigenvalue weighted by Gasteiger charge is -1.96. The zero-order valence-electron chi connectivity index (χ0n) is 9.06. The number of rotatable bonds is 6. The fraction of sp³-hybridized carbons (Fsp3) is 0.364. The summed E-state index contributed by atoms with van der Waals surface area (Å²) in [7, 11) is 1.48. The molecule has 0 bridgehead atoms. The molecule has 92 valence electrons. The monoisotopic (exact) mass is 381 g/mol. The number of aliphatic hydroxyl groups excluding tert-OH is 1. The Labute approximate surface area is 121 Å². The Kier molecular flexibility index (Phi) is 8.74. The summed E-state index contributed by atoms with van der Waals surface area (Å²) in [5.74, 6) is 3.04. The number of nitrogens with zero attached hydrogens (tertiary/aromatic N) is 1. The lowest BCUT2D eigenvalue weighted by Crippen LogP contribution is -2.02. The molecule has 0 saturated carbocycles. The van der Waals surface area contributed by atoms with E-state index < -0.39 is 0 Å². The molecule has 6 heteroatoms. The third-order valence-corrected chi connectivity index (χ3v) is 3.43. The normalized spacial score (nSPS) is 10.5. The van der Waals surface area contributed by atoms with Crippen molar-refractivity contribution in [3.8, 4) is 11.2 Å². The first-order chi connectivity index (χ1) is 8.36. The van der Waals surface area contributed by atoms with E-state index in [4.69, 9.17) is 9.84 Å². The van der Waals surface area contributed by atoms with Crippen molar-refractivity contribution in [2.45, 2.75) is 0 Å². The number of ether oxygens (including phenoxy) is 1. The van der Waals surface area contributed by atoms with Gasteiger partial charge in [0.15, 0.2) is 0 Å². The fourth-order valence-corrected chi connectivity index (χ4v) is 2.30. The van der Waals surface area contributed by atoms with Gasteiger partial charge in [0.2, 0.25) is 0 Å². The maximum Gasteiger partial charge on any atom is 0.0784 e. The Bertz CT molecular complexity index is 409. The van der Waals surface area contributed by atoms with Gasteiger partial charge in [-0.05, 0) is 32.2 Å². The lowest BCUT2D eigenvalue weighted by molar-refractivity contribution is 0.0978. The summed E-state index contributed by atoms with van der Waals surface area (Å²) < 4.78 is 5.09. The molecule has 1 aromatic heterocycles. The molecule has 1 heterocycles. The van der Waals surface area contributed by atoms with Crippen molar-refractivity contribution < 1.29 is 9.84 Å². The van der Waals surface area contributed by atoms with Crippen molar-refractivity contribution in [3.63, 3.8) is 0 Å². The average Bonchev–Trinajstić information content (AvgIpc) is 2.79. The fourth-order valence-electron chi connectivity index (χ4n) is 0.997. The lowest BCUT2D eigenvalue weighted by atomic mass is 10.4. The Morgan fingerprint density at radius 3 is 3.18 bits per heavy atom. The summed E-state index contributed by atoms with van der Waals surface area (Å²) in [6.45, 7) is 1.59. The van der Waals surface area contributed by atoms with Crippen LogP contribution in [0.2, 0.25) is 0 Å². The van der Waals surface area contributed by atoms with Crippen LogP contribution in [0.25, 0.3) is 0 Å². The van der Waals surface area contributed by atoms with Crippen LogP contribution in [0, 0.1) is 11.2 Å². The summed E-state index contributed by atoms with van der Waals surface area (Å²) in [5.41, 5.74) is 0. The number of thiophene rings is 1. The van der Waals surface area contributed by atoms with Gasteiger partial charge in [-0.15, -0.1) is 11.3 Å². The maximum absolute atomic E-state index is 8.50. The molecule has 0 aromatic carbocycles. The van der Waals surface area contributed by atoms with Gasteiger partial charge in [0.05, 0.1) is 31.2 Å². The van der Waals surface area contributed by atoms with E-state index in [1.165, 1.54) is 8.93 Å². The second-order valence-corrected chi connectivity index (χ2v) is 5.67. The highest BCUT2D eigenvalue weighted by molar-refractivity contribution is 14.2. The predicted octanol–water partition coefficient (Wildman–Crippen LogP) is 2.57. The Hall–Kier alpha value is -0.0700. The van der Waals surface area contributed by atoms with Crippen LogP contribution in [0.3, 0.4) is 0 Å². The summed E-state index contributed by atoms with van der Waals surface area (Å²) in [4.78, 5) is 6.37. The molecule has 1 aromatic rings. The topological polar surface area (TPSA) is 41.8 Å². The number of halogens is 1. The minimum Gasteiger partial charge on any atom is -0.394 e. The average molecular weight is 381 g/mol. The van der Waals surface area contributed by atoms with Crippen LogP contribution in [0.4, 0.5) is 0 Å². The second kappa shape index (κ2) is 9.91. The van der Waals surface area contributed by atoms with E-state index in [0.717, 1.165) is 9.75 Å². The molecule has 0 aliphatic rings. The minimum atomic E-state index is 0.0610. The Morgan fingerprint density at radius 2 is 2.41 bits per heavy atom. The molecule has 0 saturated heterocycles. The molecule has 0 fully saturated rings. The number of hydrogen-bond donors (Lipinski definition) is 1. The molecule has 0 spiro atoms. The Morgan fingerprint density at radius 1 is 1.53 bits per heavy atom. The van der Waals surface area contributed by atoms with Crippen molar-refractivity contribution in [2.75, 3.05) is 26.4 Å². The molecule has 0 aliphatic heterocycles. The molecular formula is C11H12INO2S2. The molecule has 1 N–H and O–H groups in total. The first kappa shape index (κ1) is 15.0. The highest BCUT2D eigenvalue weighted by Gasteiger charge is 1.94. The van der Waals surface area contributed by atoms with Gasteiger partial charge in [0, 0.05) is 32.3 Å². The highest BCUT2D eigenvalue weighted by Crippen LogP contribution is 2.15. The van der Waals surface area contributed by atoms with Crippen LogP contribution in [0.5, 0.6) is 0 Å². The predicted molar refractivity (Wildman–Crippen MR) is 83.2 cm³/mol. The number of aliphatic hydroxyl groups is 1. The van der Waals surface area contributed by atoms with E-state index in [2.05, 4.69) is 37.4 Å². The highest BCUT2D eigenvalue weighted by atomic mass is 127. The molecule has 17 heavy (non-hydrogen) atoms. The molecule has 0 amide bonds. The van der Waals surface area contributed by atoms with Gasteiger partial charge in [-0.1, -0.05) is 0 Å². The molecule has 3 nitrogen and oxygen atoms in total. The zero-order valence-corrected chi connectivity index (χ0v) is 12.8. The first-order valence-corrected chi connectivity index (χ1v) is 9.11. The third-order valence-electron chi connectivity index (χ3n) is 1.66. The molecule has 0 radical (unpaired) electrons. The van der Waals surface area contributed by atoms with E-state index in [9.17, 15) is 0 Å². The van der Waals surface area contributed by atoms with Crippen LogP contribution in [0.15, 0.2) is 17.1 Å². The molecule has 0 unspecified atom stereocenters. The van der Waals surface area contributed by atoms with Crippen LogP contribution >= 0.6 is 41.5 Å². The largest absolute Gasteiger partial charge is 0.394 e. The van der Waals surface area contributed by atoms with Crippen LogP contribution < -0.4 is 0 Å². The summed E-state index contributed by atoms with van der Waals surface area (Å²) >= 11 is 3.77. The SMILES string of the molecule is OCCOCCN=Cc1ccc(C#CSI)s1. The van der Waals surface area contributed by atoms with Crippen molar-refractivity contribution >= 4 is 47.7 Å². The van der Waals surface area contributed by atoms with Gasteiger partial charge in [0.1, 0.15) is 0 Å². The minimum absolute atomic E-state index is 0.0610. The van der Waals surface area contributed by atoms with Gasteiger partial charge >= 0.3 is 0 Å². The third kappa shape index (κ3) is 7.06. The van der Waals surface area contributed by atoms with Crippen LogP contribution in [0.1, 0.15) is 9.75 Å². The van der Waals surface area contributed by atoms with Crippen LogP contribution in [-0.4, -0.2) is 37.7 Å². The van der Waals surface area contributed by atoms with Gasteiger partial charge in [-0.2, -0.15) is 0 Å². The van der Waals surface area contributed by atoms with Gasteiger partial charge in [-0.3, -0.25) is 4.99 Å². The summed E-state index contributed by atoms with van der Waals surface area (Å²) in [6, 6.07) is 4.00. The standard InChI is InChI=1S/C11H12INO2S2/c12-16-8-3-10-1-2-11(17-10)9-13-4-6-15-7-5-14/h1-2,9,14H,4-7H2. The molecule has 0 aliphatic carbocycles. The number of aliphatic imine (C=N–C) groups is 1. The van der Waals surface area contributed by atoms with Crippen molar-refractivity contribution in [2.24, 2.45) is 4.99 Å². The van der Waals surface area contributed by atoms with Crippen molar-refractivity contribution in [1.29, 1.82) is 0 Å². The summed E-state index contributed by atoms with van der Waals surface area (Å²) in [5, 5.41) is 11.4. The summed E-state index contributed by atoms with van der Waals surface area (Å²) in [6.07, 6.45) is 1.83. The van der Waals surface area contributed by atoms with Gasteiger partial charge in [-0.25, -0.2) is 0 Å². The Balaban J connectivity index is 2.31. The smallest absolute Gasteiger partial charge is 0.0784 e. The second-order valence-electron chi connectivity index (χ2n) is 2.88. The van der Waals surface area contributed by atoms with E-state index >= 15 is 0 Å². The van der Waals surface area contributed by atoms with E-state index in [1.807, 2.05) is 18.3 Å². The maximum atomic E-state index is 8.50. The van der Waals surface area contributed by atoms with Gasteiger partial charge < -0.3 is 9.84 Å².